The molecule has 1 aliphatic rings. The lowest BCUT2D eigenvalue weighted by molar-refractivity contribution is -0.136. The van der Waals surface area contributed by atoms with E-state index < -0.39 is 0 Å². The molecule has 0 saturated carbocycles. The molecule has 1 aliphatic heterocycles. The molecule has 2 aromatic heterocycles. The third-order valence-corrected chi connectivity index (χ3v) is 5.03. The Morgan fingerprint density at radius 3 is 2.70 bits per heavy atom. The number of aryl methyl sites for hydroxylation is 1. The summed E-state index contributed by atoms with van der Waals surface area (Å²) < 4.78 is 5.80. The minimum absolute atomic E-state index is 0.0766. The van der Waals surface area contributed by atoms with Crippen molar-refractivity contribution in [2.75, 3.05) is 26.2 Å². The second-order valence-electron chi connectivity index (χ2n) is 6.26. The normalized spacial score (nSPS) is 16.3. The van der Waals surface area contributed by atoms with E-state index in [-0.39, 0.29) is 11.8 Å². The Labute approximate surface area is 140 Å². The quantitative estimate of drug-likeness (QED) is 0.863. The zero-order valence-corrected chi connectivity index (χ0v) is 14.7. The number of thiophene rings is 1. The molecule has 1 fully saturated rings. The van der Waals surface area contributed by atoms with Gasteiger partial charge in [0.05, 0.1) is 10.6 Å². The molecular weight excluding hydrogens is 310 g/mol. The number of carbonyl (C=O) groups excluding carboxylic acids is 1. The largest absolute Gasteiger partial charge is 0.440 e. The third-order valence-electron chi connectivity index (χ3n) is 4.18. The Kier molecular flexibility index (Phi) is 4.82. The van der Waals surface area contributed by atoms with E-state index >= 15 is 0 Å². The van der Waals surface area contributed by atoms with Crippen molar-refractivity contribution in [3.05, 3.63) is 29.0 Å². The van der Waals surface area contributed by atoms with Gasteiger partial charge in [0, 0.05) is 38.6 Å². The van der Waals surface area contributed by atoms with Gasteiger partial charge in [-0.15, -0.1) is 11.3 Å². The monoisotopic (exact) mass is 333 g/mol. The van der Waals surface area contributed by atoms with Gasteiger partial charge in [-0.3, -0.25) is 9.69 Å². The van der Waals surface area contributed by atoms with Crippen LogP contribution < -0.4 is 0 Å². The highest BCUT2D eigenvalue weighted by Crippen LogP contribution is 2.26. The lowest BCUT2D eigenvalue weighted by atomic mass is 10.1. The van der Waals surface area contributed by atoms with Gasteiger partial charge < -0.3 is 9.32 Å². The van der Waals surface area contributed by atoms with Crippen LogP contribution in [0.25, 0.3) is 10.8 Å². The van der Waals surface area contributed by atoms with Crippen LogP contribution in [0.3, 0.4) is 0 Å². The van der Waals surface area contributed by atoms with Gasteiger partial charge in [-0.1, -0.05) is 19.9 Å². The van der Waals surface area contributed by atoms with E-state index in [4.69, 9.17) is 4.42 Å². The summed E-state index contributed by atoms with van der Waals surface area (Å²) in [6.45, 7) is 10.0. The molecule has 0 bridgehead atoms. The molecule has 124 valence electrons. The molecule has 0 N–H and O–H groups in total. The van der Waals surface area contributed by atoms with Crippen LogP contribution in [0, 0.1) is 12.8 Å². The van der Waals surface area contributed by atoms with Gasteiger partial charge in [0.1, 0.15) is 5.76 Å². The maximum Gasteiger partial charge on any atom is 0.236 e. The van der Waals surface area contributed by atoms with Crippen LogP contribution in [0.1, 0.15) is 25.3 Å². The number of hydrogen-bond acceptors (Lipinski definition) is 5. The lowest BCUT2D eigenvalue weighted by Gasteiger charge is -2.35. The van der Waals surface area contributed by atoms with E-state index in [0.717, 1.165) is 49.1 Å². The Balaban J connectivity index is 1.60. The van der Waals surface area contributed by atoms with E-state index in [1.165, 1.54) is 0 Å². The number of amides is 1. The zero-order valence-electron chi connectivity index (χ0n) is 13.9. The number of nitrogens with zero attached hydrogens (tertiary/aromatic N) is 3. The highest BCUT2D eigenvalue weighted by atomic mass is 32.1. The van der Waals surface area contributed by atoms with Crippen LogP contribution in [-0.4, -0.2) is 46.9 Å². The highest BCUT2D eigenvalue weighted by molar-refractivity contribution is 7.13. The minimum atomic E-state index is 0.0766. The van der Waals surface area contributed by atoms with Crippen molar-refractivity contribution in [1.82, 2.24) is 14.8 Å². The summed E-state index contributed by atoms with van der Waals surface area (Å²) in [4.78, 5) is 22.1. The van der Waals surface area contributed by atoms with Gasteiger partial charge in [0.15, 0.2) is 0 Å². The van der Waals surface area contributed by atoms with Crippen molar-refractivity contribution in [3.8, 4) is 10.8 Å². The summed E-state index contributed by atoms with van der Waals surface area (Å²) in [5.74, 6) is 1.92. The van der Waals surface area contributed by atoms with Gasteiger partial charge >= 0.3 is 0 Å². The summed E-state index contributed by atoms with van der Waals surface area (Å²) in [6, 6.07) is 4.03. The van der Waals surface area contributed by atoms with E-state index in [0.29, 0.717) is 5.89 Å². The number of oxazole rings is 1. The van der Waals surface area contributed by atoms with Crippen molar-refractivity contribution in [1.29, 1.82) is 0 Å². The average Bonchev–Trinajstić information content (AvgIpc) is 3.18. The van der Waals surface area contributed by atoms with Crippen LogP contribution in [0.2, 0.25) is 0 Å². The maximum absolute atomic E-state index is 12.0. The fourth-order valence-electron chi connectivity index (χ4n) is 2.78. The maximum atomic E-state index is 12.0. The van der Waals surface area contributed by atoms with Crippen molar-refractivity contribution in [2.24, 2.45) is 5.92 Å². The van der Waals surface area contributed by atoms with E-state index in [1.54, 1.807) is 11.3 Å². The van der Waals surface area contributed by atoms with Gasteiger partial charge in [-0.2, -0.15) is 0 Å². The molecule has 0 aromatic carbocycles. The standard InChI is InChI=1S/C17H23N3O2S/c1-12(2)17(21)20-8-6-19(7-9-20)11-14-13(3)22-16(18-14)15-5-4-10-23-15/h4-5,10,12H,6-9,11H2,1-3H3. The molecule has 0 atom stereocenters. The number of rotatable bonds is 4. The van der Waals surface area contributed by atoms with Gasteiger partial charge in [0.2, 0.25) is 11.8 Å². The molecule has 0 aliphatic carbocycles. The fourth-order valence-corrected chi connectivity index (χ4v) is 3.43. The predicted molar refractivity (Wildman–Crippen MR) is 91.2 cm³/mol. The third kappa shape index (κ3) is 3.64. The first-order valence-electron chi connectivity index (χ1n) is 8.06. The first-order valence-corrected chi connectivity index (χ1v) is 8.94. The van der Waals surface area contributed by atoms with E-state index in [1.807, 2.05) is 43.2 Å². The minimum Gasteiger partial charge on any atom is -0.440 e. The van der Waals surface area contributed by atoms with Crippen LogP contribution in [0.5, 0.6) is 0 Å². The summed E-state index contributed by atoms with van der Waals surface area (Å²) in [5, 5.41) is 2.03. The molecule has 1 amide bonds. The Hall–Kier alpha value is -1.66. The van der Waals surface area contributed by atoms with Crippen LogP contribution in [-0.2, 0) is 11.3 Å². The van der Waals surface area contributed by atoms with E-state index in [2.05, 4.69) is 9.88 Å². The van der Waals surface area contributed by atoms with Crippen LogP contribution >= 0.6 is 11.3 Å². The second kappa shape index (κ2) is 6.84. The summed E-state index contributed by atoms with van der Waals surface area (Å²) in [7, 11) is 0. The molecule has 0 unspecified atom stereocenters. The average molecular weight is 333 g/mol. The first kappa shape index (κ1) is 16.2. The van der Waals surface area contributed by atoms with Crippen molar-refractivity contribution < 1.29 is 9.21 Å². The molecule has 23 heavy (non-hydrogen) atoms. The molecule has 3 heterocycles. The first-order chi connectivity index (χ1) is 11.0. The van der Waals surface area contributed by atoms with Gasteiger partial charge in [0.25, 0.3) is 0 Å². The van der Waals surface area contributed by atoms with Crippen molar-refractivity contribution in [2.45, 2.75) is 27.3 Å². The molecule has 6 heteroatoms. The Morgan fingerprint density at radius 1 is 1.35 bits per heavy atom. The van der Waals surface area contributed by atoms with Gasteiger partial charge in [-0.25, -0.2) is 4.98 Å². The molecular formula is C17H23N3O2S. The topological polar surface area (TPSA) is 49.6 Å². The Morgan fingerprint density at radius 2 is 2.09 bits per heavy atom. The fraction of sp³-hybridized carbons (Fsp3) is 0.529. The predicted octanol–water partition coefficient (Wildman–Crippen LogP) is 3.01. The molecule has 2 aromatic rings. The van der Waals surface area contributed by atoms with Crippen molar-refractivity contribution in [3.63, 3.8) is 0 Å². The summed E-state index contributed by atoms with van der Waals surface area (Å²) in [5.41, 5.74) is 0.997. The second-order valence-corrected chi connectivity index (χ2v) is 7.20. The summed E-state index contributed by atoms with van der Waals surface area (Å²) in [6.07, 6.45) is 0. The Bertz CT molecular complexity index is 655. The smallest absolute Gasteiger partial charge is 0.236 e. The SMILES string of the molecule is Cc1oc(-c2cccs2)nc1CN1CCN(C(=O)C(C)C)CC1. The van der Waals surface area contributed by atoms with Crippen LogP contribution in [0.4, 0.5) is 0 Å². The van der Waals surface area contributed by atoms with Crippen molar-refractivity contribution >= 4 is 17.2 Å². The molecule has 0 spiro atoms. The van der Waals surface area contributed by atoms with E-state index in [9.17, 15) is 4.79 Å². The zero-order chi connectivity index (χ0) is 16.4. The molecule has 5 nitrogen and oxygen atoms in total. The molecule has 3 rings (SSSR count). The number of hydrogen-bond donors (Lipinski definition) is 0. The highest BCUT2D eigenvalue weighted by Gasteiger charge is 2.24. The van der Waals surface area contributed by atoms with Crippen LogP contribution in [0.15, 0.2) is 21.9 Å². The lowest BCUT2D eigenvalue weighted by Crippen LogP contribution is -2.49. The molecule has 1 saturated heterocycles. The number of aromatic nitrogens is 1. The van der Waals surface area contributed by atoms with Gasteiger partial charge in [-0.05, 0) is 18.4 Å². The number of carbonyl (C=O) groups is 1. The molecule has 0 radical (unpaired) electrons. The summed E-state index contributed by atoms with van der Waals surface area (Å²) >= 11 is 1.64. The number of piperazine rings is 1.